The maximum Gasteiger partial charge on any atom is 0.124 e. The molecule has 0 saturated carbocycles. The van der Waals surface area contributed by atoms with Crippen LogP contribution in [0.4, 0.5) is 0 Å². The van der Waals surface area contributed by atoms with Gasteiger partial charge in [0.25, 0.3) is 0 Å². The van der Waals surface area contributed by atoms with Crippen LogP contribution in [0.25, 0.3) is 11.0 Å². The summed E-state index contributed by atoms with van der Waals surface area (Å²) < 4.78 is 7.51. The lowest BCUT2D eigenvalue weighted by atomic mass is 10.1. The zero-order chi connectivity index (χ0) is 13.0. The van der Waals surface area contributed by atoms with Crippen LogP contribution >= 0.6 is 12.6 Å². The van der Waals surface area contributed by atoms with Crippen molar-refractivity contribution in [3.05, 3.63) is 30.1 Å². The first-order valence-electron chi connectivity index (χ1n) is 6.07. The van der Waals surface area contributed by atoms with Gasteiger partial charge in [-0.2, -0.15) is 12.6 Å². The Kier molecular flexibility index (Phi) is 4.63. The minimum Gasteiger partial charge on any atom is -0.360 e. The van der Waals surface area contributed by atoms with E-state index in [2.05, 4.69) is 48.1 Å². The van der Waals surface area contributed by atoms with Crippen LogP contribution in [0.5, 0.6) is 0 Å². The summed E-state index contributed by atoms with van der Waals surface area (Å²) in [7, 11) is 1.95. The molecule has 0 aliphatic heterocycles. The zero-order valence-electron chi connectivity index (χ0n) is 10.8. The molecule has 1 aromatic carbocycles. The van der Waals surface area contributed by atoms with Gasteiger partial charge in [0.2, 0.25) is 0 Å². The number of benzene rings is 1. The van der Waals surface area contributed by atoms with Crippen molar-refractivity contribution in [1.82, 2.24) is 14.9 Å². The lowest BCUT2D eigenvalue weighted by Gasteiger charge is -2.11. The molecule has 1 unspecified atom stereocenters. The second-order valence-electron chi connectivity index (χ2n) is 4.20. The van der Waals surface area contributed by atoms with Gasteiger partial charge >= 0.3 is 0 Å². The Morgan fingerprint density at radius 1 is 1.50 bits per heavy atom. The van der Waals surface area contributed by atoms with Crippen LogP contribution in [0.1, 0.15) is 18.5 Å². The van der Waals surface area contributed by atoms with Gasteiger partial charge in [-0.1, -0.05) is 12.1 Å². The molecule has 0 amide bonds. The fraction of sp³-hybridized carbons (Fsp3) is 0.462. The average Bonchev–Trinajstić information content (AvgIpc) is 2.81. The van der Waals surface area contributed by atoms with Crippen molar-refractivity contribution >= 4 is 23.7 Å². The Hall–Kier alpha value is -1.04. The first-order valence-corrected chi connectivity index (χ1v) is 6.70. The Bertz CT molecular complexity index is 512. The van der Waals surface area contributed by atoms with E-state index in [0.717, 1.165) is 16.8 Å². The molecule has 0 spiro atoms. The number of nitrogens with zero attached hydrogens (tertiary/aromatic N) is 2. The summed E-state index contributed by atoms with van der Waals surface area (Å²) in [4.78, 5) is 4.49. The molecular weight excluding hydrogens is 246 g/mol. The molecule has 0 saturated heterocycles. The number of hydrogen-bond acceptors (Lipinski definition) is 4. The average molecular weight is 265 g/mol. The summed E-state index contributed by atoms with van der Waals surface area (Å²) in [5.74, 6) is 0.731. The van der Waals surface area contributed by atoms with Crippen LogP contribution in [0.3, 0.4) is 0 Å². The largest absolute Gasteiger partial charge is 0.360 e. The van der Waals surface area contributed by atoms with E-state index in [-0.39, 0.29) is 6.04 Å². The normalized spacial score (nSPS) is 13.1. The number of hydrogen-bond donors (Lipinski definition) is 2. The van der Waals surface area contributed by atoms with Crippen LogP contribution in [0.2, 0.25) is 0 Å². The van der Waals surface area contributed by atoms with Crippen molar-refractivity contribution in [1.29, 1.82) is 0 Å². The molecule has 98 valence electrons. The van der Waals surface area contributed by atoms with E-state index in [1.54, 1.807) is 0 Å². The van der Waals surface area contributed by atoms with Gasteiger partial charge in [0.05, 0.1) is 24.0 Å². The van der Waals surface area contributed by atoms with Crippen LogP contribution in [0, 0.1) is 0 Å². The summed E-state index contributed by atoms with van der Waals surface area (Å²) in [6.45, 7) is 3.30. The second-order valence-corrected chi connectivity index (χ2v) is 4.65. The Labute approximate surface area is 113 Å². The standard InChI is InChI=1S/C13H19N3OS/c1-10(14-2)11-4-3-5-12-13(11)15-8-16(12)9-17-6-7-18/h3-5,8,10,14,18H,6-7,9H2,1-2H3. The molecule has 1 N–H and O–H groups in total. The van der Waals surface area contributed by atoms with Gasteiger partial charge in [0, 0.05) is 11.8 Å². The van der Waals surface area contributed by atoms with Gasteiger partial charge in [-0.3, -0.25) is 0 Å². The summed E-state index contributed by atoms with van der Waals surface area (Å²) in [5.41, 5.74) is 3.35. The van der Waals surface area contributed by atoms with Crippen LogP contribution < -0.4 is 5.32 Å². The monoisotopic (exact) mass is 265 g/mol. The lowest BCUT2D eigenvalue weighted by Crippen LogP contribution is -2.12. The molecule has 0 fully saturated rings. The molecule has 0 radical (unpaired) electrons. The van der Waals surface area contributed by atoms with Gasteiger partial charge in [-0.05, 0) is 25.6 Å². The molecule has 2 aromatic rings. The van der Waals surface area contributed by atoms with E-state index in [9.17, 15) is 0 Å². The van der Waals surface area contributed by atoms with E-state index in [1.165, 1.54) is 5.56 Å². The first-order chi connectivity index (χ1) is 8.77. The molecule has 4 nitrogen and oxygen atoms in total. The fourth-order valence-electron chi connectivity index (χ4n) is 1.95. The molecule has 0 aliphatic carbocycles. The van der Waals surface area contributed by atoms with E-state index in [1.807, 2.05) is 17.9 Å². The topological polar surface area (TPSA) is 39.1 Å². The number of fused-ring (bicyclic) bond motifs is 1. The number of thiol groups is 1. The Morgan fingerprint density at radius 3 is 3.06 bits per heavy atom. The molecule has 18 heavy (non-hydrogen) atoms. The van der Waals surface area contributed by atoms with Gasteiger partial charge in [0.15, 0.2) is 0 Å². The minimum atomic E-state index is 0.287. The quantitative estimate of drug-likeness (QED) is 0.621. The predicted octanol–water partition coefficient (Wildman–Crippen LogP) is 2.22. The van der Waals surface area contributed by atoms with Crippen molar-refractivity contribution < 1.29 is 4.74 Å². The molecule has 0 aliphatic rings. The van der Waals surface area contributed by atoms with Crippen LogP contribution in [-0.2, 0) is 11.5 Å². The molecule has 1 atom stereocenters. The second kappa shape index (κ2) is 6.22. The minimum absolute atomic E-state index is 0.287. The highest BCUT2D eigenvalue weighted by Gasteiger charge is 2.11. The third kappa shape index (κ3) is 2.68. The number of rotatable bonds is 6. The third-order valence-corrected chi connectivity index (χ3v) is 3.23. The molecule has 1 heterocycles. The predicted molar refractivity (Wildman–Crippen MR) is 77.0 cm³/mol. The maximum absolute atomic E-state index is 5.49. The number of nitrogens with one attached hydrogen (secondary N) is 1. The van der Waals surface area contributed by atoms with E-state index < -0.39 is 0 Å². The summed E-state index contributed by atoms with van der Waals surface area (Å²) >= 11 is 4.12. The molecule has 0 bridgehead atoms. The van der Waals surface area contributed by atoms with Crippen molar-refractivity contribution in [2.75, 3.05) is 19.4 Å². The maximum atomic E-state index is 5.49. The highest BCUT2D eigenvalue weighted by Crippen LogP contribution is 2.22. The highest BCUT2D eigenvalue weighted by atomic mass is 32.1. The molecule has 1 aromatic heterocycles. The lowest BCUT2D eigenvalue weighted by molar-refractivity contribution is 0.0927. The van der Waals surface area contributed by atoms with Crippen molar-refractivity contribution in [2.24, 2.45) is 0 Å². The van der Waals surface area contributed by atoms with E-state index in [4.69, 9.17) is 4.74 Å². The summed E-state index contributed by atoms with van der Waals surface area (Å²) in [5, 5.41) is 3.24. The number of ether oxygens (including phenoxy) is 1. The number of imidazole rings is 1. The fourth-order valence-corrected chi connectivity index (χ4v) is 2.08. The Balaban J connectivity index is 2.30. The number of aromatic nitrogens is 2. The van der Waals surface area contributed by atoms with Crippen LogP contribution in [0.15, 0.2) is 24.5 Å². The van der Waals surface area contributed by atoms with Gasteiger partial charge in [-0.15, -0.1) is 0 Å². The zero-order valence-corrected chi connectivity index (χ0v) is 11.7. The van der Waals surface area contributed by atoms with E-state index >= 15 is 0 Å². The van der Waals surface area contributed by atoms with Crippen LogP contribution in [-0.4, -0.2) is 29.0 Å². The molecular formula is C13H19N3OS. The molecule has 5 heteroatoms. The van der Waals surface area contributed by atoms with Crippen molar-refractivity contribution in [3.63, 3.8) is 0 Å². The Morgan fingerprint density at radius 2 is 2.33 bits per heavy atom. The molecule has 2 rings (SSSR count). The smallest absolute Gasteiger partial charge is 0.124 e. The van der Waals surface area contributed by atoms with Crippen molar-refractivity contribution in [3.8, 4) is 0 Å². The van der Waals surface area contributed by atoms with Gasteiger partial charge in [0.1, 0.15) is 6.73 Å². The third-order valence-electron chi connectivity index (χ3n) is 3.05. The van der Waals surface area contributed by atoms with E-state index in [0.29, 0.717) is 13.3 Å². The highest BCUT2D eigenvalue weighted by molar-refractivity contribution is 7.80. The van der Waals surface area contributed by atoms with Gasteiger partial charge < -0.3 is 14.6 Å². The van der Waals surface area contributed by atoms with Crippen molar-refractivity contribution in [2.45, 2.75) is 19.7 Å². The summed E-state index contributed by atoms with van der Waals surface area (Å²) in [6.07, 6.45) is 1.83. The first kappa shape index (κ1) is 13.4. The summed E-state index contributed by atoms with van der Waals surface area (Å²) in [6, 6.07) is 6.52. The SMILES string of the molecule is CNC(C)c1cccc2c1ncn2COCCS. The number of para-hydroxylation sites is 1. The van der Waals surface area contributed by atoms with Gasteiger partial charge in [-0.25, -0.2) is 4.98 Å².